The lowest BCUT2D eigenvalue weighted by atomic mass is 9.99. The van der Waals surface area contributed by atoms with Crippen LogP contribution < -0.4 is 5.84 Å². The molecule has 0 bridgehead atoms. The summed E-state index contributed by atoms with van der Waals surface area (Å²) in [6.07, 6.45) is 1.33. The number of hydrogen-bond donors (Lipinski definition) is 1. The zero-order valence-electron chi connectivity index (χ0n) is 11.9. The smallest absolute Gasteiger partial charge is 0.310 e. The molecule has 9 heteroatoms. The van der Waals surface area contributed by atoms with Gasteiger partial charge in [0.05, 0.1) is 18.5 Å². The van der Waals surface area contributed by atoms with Gasteiger partial charge in [0.2, 0.25) is 0 Å². The molecule has 1 aromatic heterocycles. The van der Waals surface area contributed by atoms with Gasteiger partial charge in [-0.1, -0.05) is 11.6 Å². The summed E-state index contributed by atoms with van der Waals surface area (Å²) in [6.45, 7) is 0. The number of carbonyl (C=O) groups is 1. The summed E-state index contributed by atoms with van der Waals surface area (Å²) in [4.78, 5) is 21.7. The fourth-order valence-electron chi connectivity index (χ4n) is 2.19. The highest BCUT2D eigenvalue weighted by Crippen LogP contribution is 2.34. The molecule has 0 saturated heterocycles. The number of nitrogen functional groups attached to an aromatic ring is 1. The first kappa shape index (κ1) is 16.3. The van der Waals surface area contributed by atoms with Crippen LogP contribution in [0.1, 0.15) is 11.3 Å². The van der Waals surface area contributed by atoms with Gasteiger partial charge in [-0.25, -0.2) is 0 Å². The Bertz CT molecular complexity index is 838. The normalized spacial score (nSPS) is 10.1. The number of nitriles is 1. The molecule has 1 aromatic carbocycles. The molecular formula is C14H11ClN4O4. The van der Waals surface area contributed by atoms with Crippen LogP contribution >= 0.6 is 11.6 Å². The van der Waals surface area contributed by atoms with Crippen LogP contribution in [0.4, 0.5) is 5.69 Å². The Morgan fingerprint density at radius 3 is 2.78 bits per heavy atom. The minimum atomic E-state index is -0.610. The predicted molar refractivity (Wildman–Crippen MR) is 82.1 cm³/mol. The highest BCUT2D eigenvalue weighted by Gasteiger charge is 2.21. The Kier molecular flexibility index (Phi) is 4.52. The van der Waals surface area contributed by atoms with Crippen LogP contribution in [0.15, 0.2) is 24.4 Å². The molecular weight excluding hydrogens is 324 g/mol. The summed E-state index contributed by atoms with van der Waals surface area (Å²) in [5.74, 6) is 5.22. The van der Waals surface area contributed by atoms with Gasteiger partial charge in [0, 0.05) is 17.8 Å². The molecule has 0 saturated carbocycles. The van der Waals surface area contributed by atoms with Gasteiger partial charge in [-0.3, -0.25) is 19.6 Å². The Balaban J connectivity index is 2.62. The highest BCUT2D eigenvalue weighted by atomic mass is 35.5. The standard InChI is InChI=1S/C14H11ClN4O4/c1-23-13(20)5-9-7-18(17)12(6-16)14(9)8-2-3-11(19(21)22)10(15)4-8/h2-4,7H,5,17H2,1H3. The third-order valence-electron chi connectivity index (χ3n) is 3.21. The zero-order chi connectivity index (χ0) is 17.1. The number of benzene rings is 1. The molecule has 0 spiro atoms. The van der Waals surface area contributed by atoms with Gasteiger partial charge in [0.15, 0.2) is 0 Å². The summed E-state index contributed by atoms with van der Waals surface area (Å²) in [7, 11) is 1.25. The number of aromatic nitrogens is 1. The van der Waals surface area contributed by atoms with E-state index < -0.39 is 10.9 Å². The quantitative estimate of drug-likeness (QED) is 0.394. The van der Waals surface area contributed by atoms with Crippen LogP contribution in [-0.4, -0.2) is 22.7 Å². The van der Waals surface area contributed by atoms with Gasteiger partial charge in [-0.15, -0.1) is 0 Å². The summed E-state index contributed by atoms with van der Waals surface area (Å²) >= 11 is 5.91. The van der Waals surface area contributed by atoms with Crippen molar-refractivity contribution in [1.82, 2.24) is 4.68 Å². The second-order valence-corrected chi connectivity index (χ2v) is 4.98. The minimum Gasteiger partial charge on any atom is -0.469 e. The molecule has 0 atom stereocenters. The molecule has 0 unspecified atom stereocenters. The average Bonchev–Trinajstić information content (AvgIpc) is 2.81. The largest absolute Gasteiger partial charge is 0.469 e. The van der Waals surface area contributed by atoms with Crippen molar-refractivity contribution in [2.45, 2.75) is 6.42 Å². The third kappa shape index (κ3) is 3.09. The number of nitrogens with zero attached hydrogens (tertiary/aromatic N) is 3. The second kappa shape index (κ2) is 6.37. The number of ether oxygens (including phenoxy) is 1. The minimum absolute atomic E-state index is 0.0785. The first-order valence-corrected chi connectivity index (χ1v) is 6.67. The van der Waals surface area contributed by atoms with E-state index in [0.29, 0.717) is 16.7 Å². The first-order chi connectivity index (χ1) is 10.9. The number of methoxy groups -OCH3 is 1. The zero-order valence-corrected chi connectivity index (χ0v) is 12.7. The maximum absolute atomic E-state index is 11.5. The molecule has 0 amide bonds. The molecule has 1 heterocycles. The molecule has 0 aliphatic rings. The van der Waals surface area contributed by atoms with Gasteiger partial charge >= 0.3 is 5.97 Å². The van der Waals surface area contributed by atoms with Crippen LogP contribution in [0.3, 0.4) is 0 Å². The third-order valence-corrected chi connectivity index (χ3v) is 3.52. The number of nitro benzene ring substituents is 1. The SMILES string of the molecule is COC(=O)Cc1cn(N)c(C#N)c1-c1ccc([N+](=O)[O-])c(Cl)c1. The van der Waals surface area contributed by atoms with Crippen LogP contribution in [0.2, 0.25) is 5.02 Å². The first-order valence-electron chi connectivity index (χ1n) is 6.29. The molecule has 0 aliphatic heterocycles. The van der Waals surface area contributed by atoms with Crippen molar-refractivity contribution in [2.24, 2.45) is 0 Å². The number of halogens is 1. The van der Waals surface area contributed by atoms with E-state index in [0.717, 1.165) is 4.68 Å². The van der Waals surface area contributed by atoms with Crippen molar-refractivity contribution in [3.05, 3.63) is 50.8 Å². The molecule has 118 valence electrons. The van der Waals surface area contributed by atoms with E-state index in [1.165, 1.54) is 31.5 Å². The number of hydrogen-bond acceptors (Lipinski definition) is 6. The fourth-order valence-corrected chi connectivity index (χ4v) is 2.44. The Morgan fingerprint density at radius 2 is 2.26 bits per heavy atom. The van der Waals surface area contributed by atoms with Gasteiger partial charge < -0.3 is 10.6 Å². The fraction of sp³-hybridized carbons (Fsp3) is 0.143. The van der Waals surface area contributed by atoms with Crippen molar-refractivity contribution in [2.75, 3.05) is 13.0 Å². The van der Waals surface area contributed by atoms with Crippen LogP contribution in [0, 0.1) is 21.4 Å². The molecule has 2 rings (SSSR count). The highest BCUT2D eigenvalue weighted by molar-refractivity contribution is 6.33. The molecule has 0 radical (unpaired) electrons. The van der Waals surface area contributed by atoms with Crippen molar-refractivity contribution in [3.63, 3.8) is 0 Å². The number of carbonyl (C=O) groups excluding carboxylic acids is 1. The number of esters is 1. The van der Waals surface area contributed by atoms with Gasteiger partial charge in [-0.05, 0) is 23.3 Å². The van der Waals surface area contributed by atoms with Gasteiger partial charge in [-0.2, -0.15) is 5.26 Å². The van der Waals surface area contributed by atoms with Crippen LogP contribution in [0.5, 0.6) is 0 Å². The van der Waals surface area contributed by atoms with E-state index in [9.17, 15) is 20.2 Å². The van der Waals surface area contributed by atoms with Crippen molar-refractivity contribution >= 4 is 23.3 Å². The molecule has 2 N–H and O–H groups in total. The molecule has 0 fully saturated rings. The number of rotatable bonds is 4. The molecule has 0 aliphatic carbocycles. The maximum atomic E-state index is 11.5. The van der Waals surface area contributed by atoms with Crippen LogP contribution in [0.25, 0.3) is 11.1 Å². The Hall–Kier alpha value is -3.05. The lowest BCUT2D eigenvalue weighted by molar-refractivity contribution is -0.384. The molecule has 23 heavy (non-hydrogen) atoms. The Labute approximate surface area is 135 Å². The second-order valence-electron chi connectivity index (χ2n) is 4.57. The average molecular weight is 335 g/mol. The van der Waals surface area contributed by atoms with Gasteiger partial charge in [0.1, 0.15) is 16.8 Å². The van der Waals surface area contributed by atoms with Crippen molar-refractivity contribution in [3.8, 4) is 17.2 Å². The lowest BCUT2D eigenvalue weighted by Crippen LogP contribution is -2.08. The topological polar surface area (TPSA) is 124 Å². The van der Waals surface area contributed by atoms with Crippen molar-refractivity contribution < 1.29 is 14.5 Å². The summed E-state index contributed by atoms with van der Waals surface area (Å²) < 4.78 is 5.70. The van der Waals surface area contributed by atoms with Crippen LogP contribution in [-0.2, 0) is 16.0 Å². The number of nitro groups is 1. The monoisotopic (exact) mass is 334 g/mol. The Morgan fingerprint density at radius 1 is 1.57 bits per heavy atom. The lowest BCUT2D eigenvalue weighted by Gasteiger charge is -2.05. The van der Waals surface area contributed by atoms with E-state index in [4.69, 9.17) is 17.4 Å². The van der Waals surface area contributed by atoms with E-state index in [-0.39, 0.29) is 22.8 Å². The van der Waals surface area contributed by atoms with E-state index in [1.54, 1.807) is 0 Å². The summed E-state index contributed by atoms with van der Waals surface area (Å²) in [5.41, 5.74) is 1.14. The van der Waals surface area contributed by atoms with Gasteiger partial charge in [0.25, 0.3) is 5.69 Å². The summed E-state index contributed by atoms with van der Waals surface area (Å²) in [5, 5.41) is 20.0. The van der Waals surface area contributed by atoms with E-state index >= 15 is 0 Å². The predicted octanol–water partition coefficient (Wildman–Crippen LogP) is 2.02. The summed E-state index contributed by atoms with van der Waals surface area (Å²) in [6, 6.07) is 5.97. The maximum Gasteiger partial charge on any atom is 0.310 e. The van der Waals surface area contributed by atoms with E-state index in [1.807, 2.05) is 6.07 Å². The number of nitrogens with two attached hydrogens (primary N) is 1. The van der Waals surface area contributed by atoms with Crippen molar-refractivity contribution in [1.29, 1.82) is 5.26 Å². The van der Waals surface area contributed by atoms with E-state index in [2.05, 4.69) is 4.74 Å². The molecule has 8 nitrogen and oxygen atoms in total. The molecule has 2 aromatic rings.